The minimum atomic E-state index is -0.198. The number of hydrogen-bond donors (Lipinski definition) is 1. The summed E-state index contributed by atoms with van der Waals surface area (Å²) in [5.74, 6) is 0.257. The predicted molar refractivity (Wildman–Crippen MR) is 105 cm³/mol. The Kier molecular flexibility index (Phi) is 7.48. The van der Waals surface area contributed by atoms with E-state index >= 15 is 0 Å². The van der Waals surface area contributed by atoms with Crippen LogP contribution in [-0.4, -0.2) is 35.2 Å². The van der Waals surface area contributed by atoms with Crippen LogP contribution >= 0.6 is 0 Å². The van der Waals surface area contributed by atoms with Crippen LogP contribution in [0.4, 0.5) is 0 Å². The second kappa shape index (κ2) is 10.0. The van der Waals surface area contributed by atoms with Gasteiger partial charge in [-0.3, -0.25) is 19.3 Å². The van der Waals surface area contributed by atoms with E-state index < -0.39 is 0 Å². The minimum Gasteiger partial charge on any atom is -0.353 e. The molecule has 1 heterocycles. The first kappa shape index (κ1) is 20.1. The van der Waals surface area contributed by atoms with Crippen LogP contribution in [0.25, 0.3) is 0 Å². The Balaban J connectivity index is 1.41. The van der Waals surface area contributed by atoms with Crippen molar-refractivity contribution in [2.75, 3.05) is 6.54 Å². The van der Waals surface area contributed by atoms with E-state index in [1.807, 2.05) is 0 Å². The lowest BCUT2D eigenvalue weighted by atomic mass is 9.81. The second-order valence-electron chi connectivity index (χ2n) is 8.60. The van der Waals surface area contributed by atoms with Crippen molar-refractivity contribution in [2.45, 2.75) is 89.5 Å². The molecule has 0 bridgehead atoms. The SMILES string of the molecule is O=C(NC1CCCCCCCCC1)C1CCC(CN2C(=O)C=CC2=O)CC1. The summed E-state index contributed by atoms with van der Waals surface area (Å²) < 4.78 is 0. The van der Waals surface area contributed by atoms with Crippen molar-refractivity contribution in [2.24, 2.45) is 11.8 Å². The fourth-order valence-electron chi connectivity index (χ4n) is 4.75. The molecule has 150 valence electrons. The van der Waals surface area contributed by atoms with Crippen molar-refractivity contribution in [3.05, 3.63) is 12.2 Å². The van der Waals surface area contributed by atoms with Crippen LogP contribution < -0.4 is 5.32 Å². The first-order chi connectivity index (χ1) is 13.1. The number of carbonyl (C=O) groups excluding carboxylic acids is 3. The highest BCUT2D eigenvalue weighted by molar-refractivity contribution is 6.12. The summed E-state index contributed by atoms with van der Waals surface area (Å²) >= 11 is 0. The fraction of sp³-hybridized carbons (Fsp3) is 0.773. The van der Waals surface area contributed by atoms with Crippen molar-refractivity contribution < 1.29 is 14.4 Å². The molecule has 5 nitrogen and oxygen atoms in total. The zero-order valence-electron chi connectivity index (χ0n) is 16.5. The van der Waals surface area contributed by atoms with E-state index in [1.165, 1.54) is 62.0 Å². The fourth-order valence-corrected chi connectivity index (χ4v) is 4.75. The van der Waals surface area contributed by atoms with Gasteiger partial charge in [-0.2, -0.15) is 0 Å². The molecule has 0 radical (unpaired) electrons. The average molecular weight is 375 g/mol. The second-order valence-corrected chi connectivity index (χ2v) is 8.60. The molecule has 2 fully saturated rings. The van der Waals surface area contributed by atoms with E-state index in [0.29, 0.717) is 18.5 Å². The van der Waals surface area contributed by atoms with Crippen LogP contribution in [-0.2, 0) is 14.4 Å². The normalized spacial score (nSPS) is 28.4. The molecule has 0 saturated heterocycles. The third-order valence-corrected chi connectivity index (χ3v) is 6.51. The summed E-state index contributed by atoms with van der Waals surface area (Å²) in [6, 6.07) is 0.347. The lowest BCUT2D eigenvalue weighted by Crippen LogP contribution is -2.41. The van der Waals surface area contributed by atoms with Gasteiger partial charge in [0.1, 0.15) is 0 Å². The van der Waals surface area contributed by atoms with Gasteiger partial charge < -0.3 is 5.32 Å². The predicted octanol–water partition coefficient (Wildman–Crippen LogP) is 3.73. The Bertz CT molecular complexity index is 536. The van der Waals surface area contributed by atoms with E-state index in [-0.39, 0.29) is 23.6 Å². The van der Waals surface area contributed by atoms with Crippen LogP contribution in [0.15, 0.2) is 12.2 Å². The van der Waals surface area contributed by atoms with Crippen LogP contribution in [0.5, 0.6) is 0 Å². The van der Waals surface area contributed by atoms with Gasteiger partial charge in [-0.1, -0.05) is 44.9 Å². The Labute approximate surface area is 162 Å². The van der Waals surface area contributed by atoms with E-state index in [2.05, 4.69) is 5.32 Å². The van der Waals surface area contributed by atoms with E-state index in [4.69, 9.17) is 0 Å². The molecule has 0 unspecified atom stereocenters. The highest BCUT2D eigenvalue weighted by atomic mass is 16.2. The molecule has 2 aliphatic carbocycles. The maximum absolute atomic E-state index is 12.7. The van der Waals surface area contributed by atoms with Crippen LogP contribution in [0.1, 0.15) is 83.5 Å². The zero-order chi connectivity index (χ0) is 19.1. The van der Waals surface area contributed by atoms with Crippen molar-refractivity contribution in [1.82, 2.24) is 10.2 Å². The standard InChI is InChI=1S/C22H34N2O3/c25-20-14-15-21(26)24(20)16-17-10-12-18(13-11-17)22(27)23-19-8-6-4-2-1-3-5-7-9-19/h14-15,17-19H,1-13,16H2,(H,23,27). The first-order valence-electron chi connectivity index (χ1n) is 11.0. The maximum atomic E-state index is 12.7. The molecule has 0 aromatic carbocycles. The summed E-state index contributed by atoms with van der Waals surface area (Å²) in [5, 5.41) is 3.34. The van der Waals surface area contributed by atoms with E-state index in [9.17, 15) is 14.4 Å². The summed E-state index contributed by atoms with van der Waals surface area (Å²) in [7, 11) is 0. The average Bonchev–Trinajstić information content (AvgIpc) is 2.99. The Hall–Kier alpha value is -1.65. The number of rotatable bonds is 4. The van der Waals surface area contributed by atoms with Gasteiger partial charge in [0.25, 0.3) is 11.8 Å². The molecule has 3 aliphatic rings. The third kappa shape index (κ3) is 5.91. The zero-order valence-corrected chi connectivity index (χ0v) is 16.5. The lowest BCUT2D eigenvalue weighted by Gasteiger charge is -2.31. The van der Waals surface area contributed by atoms with Crippen molar-refractivity contribution in [3.8, 4) is 0 Å². The van der Waals surface area contributed by atoms with E-state index in [0.717, 1.165) is 38.5 Å². The third-order valence-electron chi connectivity index (χ3n) is 6.51. The number of imide groups is 1. The molecule has 0 aromatic rings. The highest BCUT2D eigenvalue weighted by Crippen LogP contribution is 2.30. The molecule has 3 rings (SSSR count). The molecule has 0 atom stereocenters. The lowest BCUT2D eigenvalue weighted by molar-refractivity contribution is -0.138. The molecule has 1 N–H and O–H groups in total. The van der Waals surface area contributed by atoms with E-state index in [1.54, 1.807) is 0 Å². The van der Waals surface area contributed by atoms with Gasteiger partial charge in [0.05, 0.1) is 0 Å². The largest absolute Gasteiger partial charge is 0.353 e. The molecule has 2 saturated carbocycles. The number of nitrogens with one attached hydrogen (secondary N) is 1. The van der Waals surface area contributed by atoms with Crippen molar-refractivity contribution in [3.63, 3.8) is 0 Å². The Morgan fingerprint density at radius 1 is 0.815 bits per heavy atom. The Morgan fingerprint density at radius 3 is 1.89 bits per heavy atom. The van der Waals surface area contributed by atoms with Gasteiger partial charge in [-0.05, 0) is 44.4 Å². The molecule has 5 heteroatoms. The summed E-state index contributed by atoms with van der Waals surface area (Å²) in [6.07, 6.45) is 17.6. The van der Waals surface area contributed by atoms with Gasteiger partial charge in [0.15, 0.2) is 0 Å². The molecule has 27 heavy (non-hydrogen) atoms. The van der Waals surface area contributed by atoms with Crippen LogP contribution in [0.2, 0.25) is 0 Å². The summed E-state index contributed by atoms with van der Waals surface area (Å²) in [5.41, 5.74) is 0. The molecule has 0 aromatic heterocycles. The number of nitrogens with zero attached hydrogens (tertiary/aromatic N) is 1. The van der Waals surface area contributed by atoms with Gasteiger partial charge in [-0.25, -0.2) is 0 Å². The number of carbonyl (C=O) groups is 3. The highest BCUT2D eigenvalue weighted by Gasteiger charge is 2.31. The first-order valence-corrected chi connectivity index (χ1v) is 11.0. The van der Waals surface area contributed by atoms with Gasteiger partial charge >= 0.3 is 0 Å². The van der Waals surface area contributed by atoms with Crippen molar-refractivity contribution >= 4 is 17.7 Å². The number of amides is 3. The Morgan fingerprint density at radius 2 is 1.33 bits per heavy atom. The van der Waals surface area contributed by atoms with Gasteiger partial charge in [0, 0.05) is 30.7 Å². The molecular formula is C22H34N2O3. The summed E-state index contributed by atoms with van der Waals surface area (Å²) in [4.78, 5) is 37.5. The monoisotopic (exact) mass is 374 g/mol. The number of hydrogen-bond acceptors (Lipinski definition) is 3. The topological polar surface area (TPSA) is 66.5 Å². The molecule has 1 aliphatic heterocycles. The smallest absolute Gasteiger partial charge is 0.253 e. The maximum Gasteiger partial charge on any atom is 0.253 e. The van der Waals surface area contributed by atoms with Gasteiger partial charge in [-0.15, -0.1) is 0 Å². The molecular weight excluding hydrogens is 340 g/mol. The van der Waals surface area contributed by atoms with Gasteiger partial charge in [0.2, 0.25) is 5.91 Å². The van der Waals surface area contributed by atoms with Crippen LogP contribution in [0, 0.1) is 11.8 Å². The summed E-state index contributed by atoms with van der Waals surface area (Å²) in [6.45, 7) is 0.502. The van der Waals surface area contributed by atoms with Crippen molar-refractivity contribution in [1.29, 1.82) is 0 Å². The molecule has 0 spiro atoms. The van der Waals surface area contributed by atoms with Crippen LogP contribution in [0.3, 0.4) is 0 Å². The quantitative estimate of drug-likeness (QED) is 0.763. The minimum absolute atomic E-state index is 0.0970. The molecule has 3 amide bonds.